The van der Waals surface area contributed by atoms with E-state index < -0.39 is 37.4 Å². The minimum atomic E-state index is -4.29. The van der Waals surface area contributed by atoms with E-state index in [4.69, 9.17) is 0 Å². The van der Waals surface area contributed by atoms with E-state index in [-0.39, 0.29) is 0 Å². The maximum atomic E-state index is 12.4. The number of hydrogen-bond acceptors (Lipinski definition) is 2. The van der Waals surface area contributed by atoms with Gasteiger partial charge in [-0.25, -0.2) is 13.6 Å². The summed E-state index contributed by atoms with van der Waals surface area (Å²) in [6, 6.07) is -1.07. The molecule has 1 aliphatic rings. The first kappa shape index (κ1) is 10.7. The molecule has 1 fully saturated rings. The lowest BCUT2D eigenvalue weighted by molar-refractivity contribution is -0.137. The lowest BCUT2D eigenvalue weighted by Crippen LogP contribution is -2.43. The first-order valence-electron chi connectivity index (χ1n) is 3.57. The van der Waals surface area contributed by atoms with E-state index in [2.05, 4.69) is 0 Å². The van der Waals surface area contributed by atoms with Crippen LogP contribution in [-0.4, -0.2) is 42.3 Å². The number of urea groups is 1. The van der Waals surface area contributed by atoms with Crippen LogP contribution in [0.2, 0.25) is 0 Å². The van der Waals surface area contributed by atoms with E-state index in [0.29, 0.717) is 4.90 Å². The van der Waals surface area contributed by atoms with Gasteiger partial charge in [-0.05, 0) is 0 Å². The number of carbonyl (C=O) groups is 2. The molecule has 1 aliphatic heterocycles. The van der Waals surface area contributed by atoms with E-state index in [9.17, 15) is 27.2 Å². The molecule has 8 heteroatoms. The molecule has 0 spiro atoms. The summed E-state index contributed by atoms with van der Waals surface area (Å²) in [7, 11) is 0. The van der Waals surface area contributed by atoms with Gasteiger partial charge in [0, 0.05) is 0 Å². The van der Waals surface area contributed by atoms with Gasteiger partial charge in [-0.1, -0.05) is 0 Å². The Hall–Kier alpha value is -1.34. The molecule has 0 aromatic carbocycles. The number of carbonyl (C=O) groups excluding carboxylic acids is 2. The Morgan fingerprint density at radius 3 is 2.36 bits per heavy atom. The average molecular weight is 214 g/mol. The SMILES string of the molecule is O=C1CN(CC(F)(F)C(F)F)C(=O)N1. The van der Waals surface area contributed by atoms with Gasteiger partial charge in [0.05, 0.1) is 6.54 Å². The van der Waals surface area contributed by atoms with Crippen molar-refractivity contribution in [3.8, 4) is 0 Å². The molecule has 1 saturated heterocycles. The van der Waals surface area contributed by atoms with Crippen molar-refractivity contribution in [3.63, 3.8) is 0 Å². The third-order valence-electron chi connectivity index (χ3n) is 1.59. The lowest BCUT2D eigenvalue weighted by atomic mass is 10.3. The van der Waals surface area contributed by atoms with Gasteiger partial charge in [-0.15, -0.1) is 0 Å². The molecule has 0 atom stereocenters. The Kier molecular flexibility index (Phi) is 2.63. The highest BCUT2D eigenvalue weighted by molar-refractivity contribution is 6.01. The molecule has 0 aliphatic carbocycles. The molecule has 0 saturated carbocycles. The van der Waals surface area contributed by atoms with Crippen molar-refractivity contribution >= 4 is 11.9 Å². The van der Waals surface area contributed by atoms with Gasteiger partial charge in [0.15, 0.2) is 0 Å². The van der Waals surface area contributed by atoms with Crippen molar-refractivity contribution in [2.45, 2.75) is 12.3 Å². The van der Waals surface area contributed by atoms with Crippen LogP contribution in [0.4, 0.5) is 22.4 Å². The maximum Gasteiger partial charge on any atom is 0.324 e. The van der Waals surface area contributed by atoms with Crippen LogP contribution in [0, 0.1) is 0 Å². The highest BCUT2D eigenvalue weighted by atomic mass is 19.3. The zero-order valence-electron chi connectivity index (χ0n) is 6.77. The van der Waals surface area contributed by atoms with Crippen molar-refractivity contribution in [1.29, 1.82) is 0 Å². The number of rotatable bonds is 3. The van der Waals surface area contributed by atoms with Gasteiger partial charge < -0.3 is 4.90 Å². The number of alkyl halides is 4. The lowest BCUT2D eigenvalue weighted by Gasteiger charge is -2.20. The van der Waals surface area contributed by atoms with Crippen LogP contribution < -0.4 is 5.32 Å². The third-order valence-corrected chi connectivity index (χ3v) is 1.59. The van der Waals surface area contributed by atoms with Crippen LogP contribution in [0.25, 0.3) is 0 Å². The van der Waals surface area contributed by atoms with Crippen LogP contribution in [0.15, 0.2) is 0 Å². The van der Waals surface area contributed by atoms with Gasteiger partial charge in [-0.2, -0.15) is 8.78 Å². The highest BCUT2D eigenvalue weighted by Crippen LogP contribution is 2.24. The molecule has 4 nitrogen and oxygen atoms in total. The first-order chi connectivity index (χ1) is 6.33. The summed E-state index contributed by atoms with van der Waals surface area (Å²) in [5, 5.41) is 1.70. The molecule has 3 amide bonds. The second-order valence-corrected chi connectivity index (χ2v) is 2.77. The van der Waals surface area contributed by atoms with Crippen molar-refractivity contribution in [2.24, 2.45) is 0 Å². The fourth-order valence-corrected chi connectivity index (χ4v) is 0.934. The molecular weight excluding hydrogens is 208 g/mol. The largest absolute Gasteiger partial charge is 0.324 e. The number of nitrogens with zero attached hydrogens (tertiary/aromatic N) is 1. The van der Waals surface area contributed by atoms with Gasteiger partial charge in [0.25, 0.3) is 0 Å². The second kappa shape index (κ2) is 3.43. The molecule has 1 N–H and O–H groups in total. The number of hydrogen-bond donors (Lipinski definition) is 1. The summed E-state index contributed by atoms with van der Waals surface area (Å²) in [6.45, 7) is -2.07. The second-order valence-electron chi connectivity index (χ2n) is 2.77. The summed E-state index contributed by atoms with van der Waals surface area (Å²) in [5.41, 5.74) is 0. The third kappa shape index (κ3) is 2.12. The van der Waals surface area contributed by atoms with E-state index in [1.807, 2.05) is 0 Å². The predicted octanol–water partition coefficient (Wildman–Crippen LogP) is 0.439. The molecule has 14 heavy (non-hydrogen) atoms. The standard InChI is InChI=1S/C6H6F4N2O2/c7-4(8)6(9,10)2-12-1-3(13)11-5(12)14/h4H,1-2H2,(H,11,13,14). The monoisotopic (exact) mass is 214 g/mol. The molecule has 80 valence electrons. The Morgan fingerprint density at radius 2 is 2.00 bits per heavy atom. The van der Waals surface area contributed by atoms with Crippen molar-refractivity contribution in [2.75, 3.05) is 13.1 Å². The normalized spacial score (nSPS) is 17.9. The minimum Gasteiger partial charge on any atom is -0.309 e. The fourth-order valence-electron chi connectivity index (χ4n) is 0.934. The molecule has 0 radical (unpaired) electrons. The van der Waals surface area contributed by atoms with E-state index in [1.54, 1.807) is 5.32 Å². The molecule has 0 bridgehead atoms. The number of halogens is 4. The smallest absolute Gasteiger partial charge is 0.309 e. The van der Waals surface area contributed by atoms with E-state index >= 15 is 0 Å². The minimum absolute atomic E-state index is 0.342. The fraction of sp³-hybridized carbons (Fsp3) is 0.667. The molecule has 0 aromatic heterocycles. The first-order valence-corrected chi connectivity index (χ1v) is 3.57. The van der Waals surface area contributed by atoms with Gasteiger partial charge >= 0.3 is 18.4 Å². The summed E-state index contributed by atoms with van der Waals surface area (Å²) in [4.78, 5) is 21.6. The van der Waals surface area contributed by atoms with Crippen molar-refractivity contribution in [3.05, 3.63) is 0 Å². The molecule has 1 rings (SSSR count). The predicted molar refractivity (Wildman–Crippen MR) is 36.1 cm³/mol. The van der Waals surface area contributed by atoms with Crippen molar-refractivity contribution < 1.29 is 27.2 Å². The molecular formula is C6H6F4N2O2. The zero-order chi connectivity index (χ0) is 10.9. The quantitative estimate of drug-likeness (QED) is 0.547. The maximum absolute atomic E-state index is 12.4. The van der Waals surface area contributed by atoms with Crippen LogP contribution in [-0.2, 0) is 4.79 Å². The van der Waals surface area contributed by atoms with Gasteiger partial charge in [0.1, 0.15) is 6.54 Å². The van der Waals surface area contributed by atoms with E-state index in [1.165, 1.54) is 0 Å². The zero-order valence-corrected chi connectivity index (χ0v) is 6.77. The Morgan fingerprint density at radius 1 is 1.43 bits per heavy atom. The highest BCUT2D eigenvalue weighted by Gasteiger charge is 2.45. The van der Waals surface area contributed by atoms with Crippen LogP contribution >= 0.6 is 0 Å². The summed E-state index contributed by atoms with van der Waals surface area (Å²) in [6.07, 6.45) is -3.86. The van der Waals surface area contributed by atoms with Gasteiger partial charge in [-0.3, -0.25) is 10.1 Å². The Labute approximate surface area is 75.9 Å². The van der Waals surface area contributed by atoms with Crippen molar-refractivity contribution in [1.82, 2.24) is 10.2 Å². The van der Waals surface area contributed by atoms with Crippen LogP contribution in [0.3, 0.4) is 0 Å². The van der Waals surface area contributed by atoms with E-state index in [0.717, 1.165) is 0 Å². The molecule has 0 unspecified atom stereocenters. The summed E-state index contributed by atoms with van der Waals surface area (Å²) in [5.74, 6) is -5.07. The summed E-state index contributed by atoms with van der Waals surface area (Å²) < 4.78 is 48.2. The van der Waals surface area contributed by atoms with Crippen LogP contribution in [0.5, 0.6) is 0 Å². The molecule has 0 aromatic rings. The topological polar surface area (TPSA) is 49.4 Å². The Bertz CT molecular complexity index is 269. The number of nitrogens with one attached hydrogen (secondary N) is 1. The number of imide groups is 1. The molecule has 1 heterocycles. The Balaban J connectivity index is 2.61. The van der Waals surface area contributed by atoms with Crippen LogP contribution in [0.1, 0.15) is 0 Å². The average Bonchev–Trinajstić information content (AvgIpc) is 2.29. The number of amides is 3. The van der Waals surface area contributed by atoms with Gasteiger partial charge in [0.2, 0.25) is 5.91 Å². The summed E-state index contributed by atoms with van der Waals surface area (Å²) >= 11 is 0.